The van der Waals surface area contributed by atoms with E-state index in [9.17, 15) is 13.2 Å². The highest BCUT2D eigenvalue weighted by molar-refractivity contribution is 6.13. The third kappa shape index (κ3) is 9.02. The lowest BCUT2D eigenvalue weighted by atomic mass is 9.96. The Morgan fingerprint density at radius 3 is 0.897 bits per heavy atom. The normalized spacial score (nSPS) is 12.2. The van der Waals surface area contributed by atoms with Crippen molar-refractivity contribution in [1.82, 2.24) is 9.13 Å². The molecule has 0 aliphatic carbocycles. The number of aromatic nitrogens is 2. The van der Waals surface area contributed by atoms with Crippen LogP contribution in [0.4, 0.5) is 26.3 Å². The molecule has 2 nitrogen and oxygen atoms in total. The lowest BCUT2D eigenvalue weighted by molar-refractivity contribution is -0.138. The molecule has 0 bridgehead atoms. The largest absolute Gasteiger partial charge is 0.418 e. The highest BCUT2D eigenvalue weighted by Gasteiger charge is 2.38. The van der Waals surface area contributed by atoms with Crippen molar-refractivity contribution in [2.75, 3.05) is 0 Å². The molecule has 10 aromatic carbocycles. The van der Waals surface area contributed by atoms with Gasteiger partial charge in [-0.1, -0.05) is 178 Å². The van der Waals surface area contributed by atoms with Crippen LogP contribution in [-0.2, 0) is 12.4 Å². The van der Waals surface area contributed by atoms with Crippen molar-refractivity contribution in [3.63, 3.8) is 0 Å². The number of aryl methyl sites for hydroxylation is 8. The summed E-state index contributed by atoms with van der Waals surface area (Å²) in [6.07, 6.45) is -9.72. The number of halogens is 6. The first-order valence-electron chi connectivity index (χ1n) is 26.1. The number of nitrogens with zero attached hydrogens (tertiary/aromatic N) is 2. The van der Waals surface area contributed by atoms with Crippen molar-refractivity contribution in [1.29, 1.82) is 0 Å². The van der Waals surface area contributed by atoms with Gasteiger partial charge in [0.2, 0.25) is 0 Å². The maximum Gasteiger partial charge on any atom is 0.418 e. The topological polar surface area (TPSA) is 9.86 Å². The Balaban J connectivity index is 1.24. The Bertz CT molecular complexity index is 4150. The minimum Gasteiger partial charge on any atom is -0.309 e. The molecule has 0 amide bonds. The van der Waals surface area contributed by atoms with Crippen LogP contribution in [0, 0.1) is 55.4 Å². The fourth-order valence-corrected chi connectivity index (χ4v) is 12.1. The molecule has 386 valence electrons. The second kappa shape index (κ2) is 18.5. The van der Waals surface area contributed by atoms with Crippen LogP contribution < -0.4 is 0 Å². The molecule has 12 aromatic rings. The third-order valence-corrected chi connectivity index (χ3v) is 15.2. The van der Waals surface area contributed by atoms with Crippen molar-refractivity contribution >= 4 is 43.6 Å². The summed E-state index contributed by atoms with van der Waals surface area (Å²) in [4.78, 5) is 0. The van der Waals surface area contributed by atoms with Crippen LogP contribution in [0.5, 0.6) is 0 Å². The second-order valence-electron chi connectivity index (χ2n) is 21.6. The molecule has 0 unspecified atom stereocenters. The number of alkyl halides is 6. The van der Waals surface area contributed by atoms with E-state index in [1.165, 1.54) is 12.1 Å². The van der Waals surface area contributed by atoms with Crippen molar-refractivity contribution in [2.45, 2.75) is 67.7 Å². The van der Waals surface area contributed by atoms with Gasteiger partial charge in [0.25, 0.3) is 0 Å². The molecule has 0 fully saturated rings. The second-order valence-corrected chi connectivity index (χ2v) is 21.6. The summed E-state index contributed by atoms with van der Waals surface area (Å²) in [5.74, 6) is 0. The summed E-state index contributed by atoms with van der Waals surface area (Å²) in [6.45, 7) is 16.1. The van der Waals surface area contributed by atoms with Gasteiger partial charge in [-0.2, -0.15) is 26.3 Å². The highest BCUT2D eigenvalue weighted by Crippen LogP contribution is 2.48. The van der Waals surface area contributed by atoms with Gasteiger partial charge in [-0.3, -0.25) is 0 Å². The number of benzene rings is 10. The quantitative estimate of drug-likeness (QED) is 0.141. The third-order valence-electron chi connectivity index (χ3n) is 15.2. The van der Waals surface area contributed by atoms with Crippen molar-refractivity contribution < 1.29 is 26.3 Å². The Morgan fingerprint density at radius 1 is 0.269 bits per heavy atom. The molecule has 78 heavy (non-hydrogen) atoms. The monoisotopic (exact) mass is 1040 g/mol. The Hall–Kier alpha value is -8.62. The predicted octanol–water partition coefficient (Wildman–Crippen LogP) is 20.7. The zero-order chi connectivity index (χ0) is 54.7. The molecule has 0 saturated heterocycles. The molecule has 2 aromatic heterocycles. The van der Waals surface area contributed by atoms with Gasteiger partial charge >= 0.3 is 12.4 Å². The van der Waals surface area contributed by atoms with E-state index in [0.717, 1.165) is 129 Å². The van der Waals surface area contributed by atoms with Crippen LogP contribution in [0.1, 0.15) is 55.6 Å². The van der Waals surface area contributed by atoms with Crippen molar-refractivity contribution in [3.8, 4) is 67.0 Å². The van der Waals surface area contributed by atoms with E-state index in [1.54, 1.807) is 10.6 Å². The molecule has 0 N–H and O–H groups in total. The smallest absolute Gasteiger partial charge is 0.309 e. The highest BCUT2D eigenvalue weighted by atomic mass is 19.4. The summed E-state index contributed by atoms with van der Waals surface area (Å²) in [5, 5.41) is 3.00. The zero-order valence-electron chi connectivity index (χ0n) is 44.5. The van der Waals surface area contributed by atoms with Crippen LogP contribution in [0.25, 0.3) is 111 Å². The lowest BCUT2D eigenvalue weighted by Gasteiger charge is -2.23. The van der Waals surface area contributed by atoms with E-state index in [1.807, 2.05) is 133 Å². The number of hydrogen-bond donors (Lipinski definition) is 0. The minimum atomic E-state index is -4.97. The molecule has 0 aliphatic rings. The molecular weight excluding hydrogens is 983 g/mol. The summed E-state index contributed by atoms with van der Waals surface area (Å²) < 4.78 is 99.0. The van der Waals surface area contributed by atoms with Crippen LogP contribution in [0.3, 0.4) is 0 Å². The molecule has 0 atom stereocenters. The van der Waals surface area contributed by atoms with E-state index in [-0.39, 0.29) is 22.5 Å². The van der Waals surface area contributed by atoms with Gasteiger partial charge < -0.3 is 9.13 Å². The van der Waals surface area contributed by atoms with Gasteiger partial charge in [-0.15, -0.1) is 0 Å². The number of rotatable bonds is 7. The van der Waals surface area contributed by atoms with Gasteiger partial charge in [0.15, 0.2) is 0 Å². The fourth-order valence-electron chi connectivity index (χ4n) is 12.1. The molecular formula is C70H54F6N2. The Morgan fingerprint density at radius 2 is 0.590 bits per heavy atom. The van der Waals surface area contributed by atoms with Gasteiger partial charge in [0, 0.05) is 27.1 Å². The standard InChI is InChI=1S/C70H54F6N2/c1-39-20-40(2)25-52(24-39)47-12-16-57-58-17-13-48(53-26-41(3)21-42(4)27-53)34-64(58)77(63(57)33-47)67-38-62(70(74,75)76)68(37-61(67)51-10-9-11-56(32-51)69(71,72)73)78-65-35-49(54-28-43(5)22-44(6)29-54)14-18-59(65)60-19-15-50(36-66(60)78)55-30-45(7)23-46(8)31-55/h9-38H,1-8H3. The van der Waals surface area contributed by atoms with Crippen LogP contribution in [0.15, 0.2) is 182 Å². The Labute approximate surface area is 449 Å². The van der Waals surface area contributed by atoms with Gasteiger partial charge in [-0.25, -0.2) is 0 Å². The van der Waals surface area contributed by atoms with Crippen molar-refractivity contribution in [3.05, 3.63) is 238 Å². The number of fused-ring (bicyclic) bond motifs is 6. The summed E-state index contributed by atoms with van der Waals surface area (Å²) >= 11 is 0. The van der Waals surface area contributed by atoms with E-state index in [0.29, 0.717) is 22.1 Å². The molecule has 0 saturated carbocycles. The van der Waals surface area contributed by atoms with E-state index >= 15 is 13.2 Å². The average molecular weight is 1040 g/mol. The maximum atomic E-state index is 16.9. The Kier molecular flexibility index (Phi) is 11.9. The van der Waals surface area contributed by atoms with Gasteiger partial charge in [-0.05, 0) is 154 Å². The molecule has 8 heteroatoms. The predicted molar refractivity (Wildman–Crippen MR) is 310 cm³/mol. The average Bonchev–Trinajstić information content (AvgIpc) is 3.95. The van der Waals surface area contributed by atoms with E-state index in [4.69, 9.17) is 0 Å². The molecule has 2 heterocycles. The molecule has 0 aliphatic heterocycles. The van der Waals surface area contributed by atoms with Crippen LogP contribution >= 0.6 is 0 Å². The first-order chi connectivity index (χ1) is 37.1. The first kappa shape index (κ1) is 50.2. The van der Waals surface area contributed by atoms with Crippen molar-refractivity contribution in [2.24, 2.45) is 0 Å². The molecule has 0 radical (unpaired) electrons. The van der Waals surface area contributed by atoms with E-state index in [2.05, 4.69) is 72.8 Å². The van der Waals surface area contributed by atoms with Gasteiger partial charge in [0.05, 0.1) is 44.6 Å². The van der Waals surface area contributed by atoms with Gasteiger partial charge in [0.1, 0.15) is 0 Å². The molecule has 0 spiro atoms. The lowest BCUT2D eigenvalue weighted by Crippen LogP contribution is -2.13. The SMILES string of the molecule is Cc1cc(C)cc(-c2ccc3c4ccc(-c5cc(C)cc(C)c5)cc4n(-c4cc(C(F)(F)F)c(-n5c6cc(-c7cc(C)cc(C)c7)ccc6c6ccc(-c7cc(C)cc(C)c7)cc65)cc4-c4cccc(C(F)(F)F)c4)c3c2)c1. The maximum absolute atomic E-state index is 16.9. The first-order valence-corrected chi connectivity index (χ1v) is 26.1. The zero-order valence-corrected chi connectivity index (χ0v) is 44.5. The van der Waals surface area contributed by atoms with Crippen LogP contribution in [0.2, 0.25) is 0 Å². The fraction of sp³-hybridized carbons (Fsp3) is 0.143. The minimum absolute atomic E-state index is 0.0770. The number of hydrogen-bond acceptors (Lipinski definition) is 0. The summed E-state index contributed by atoms with van der Waals surface area (Å²) in [5.41, 5.74) is 15.8. The summed E-state index contributed by atoms with van der Waals surface area (Å²) in [7, 11) is 0. The van der Waals surface area contributed by atoms with E-state index < -0.39 is 23.5 Å². The molecule has 12 rings (SSSR count). The van der Waals surface area contributed by atoms with Crippen LogP contribution in [-0.4, -0.2) is 9.13 Å². The summed E-state index contributed by atoms with van der Waals surface area (Å²) in [6, 6.07) is 56.3.